The first-order chi connectivity index (χ1) is 12.6. The Labute approximate surface area is 154 Å². The minimum Gasteiger partial charge on any atom is -0.366 e. The molecule has 3 heterocycles. The van der Waals surface area contributed by atoms with Gasteiger partial charge in [-0.1, -0.05) is 37.6 Å². The van der Waals surface area contributed by atoms with E-state index in [0.29, 0.717) is 19.0 Å². The first-order valence-electron chi connectivity index (χ1n) is 9.67. The van der Waals surface area contributed by atoms with Crippen LogP contribution in [0.3, 0.4) is 0 Å². The van der Waals surface area contributed by atoms with Gasteiger partial charge in [0.2, 0.25) is 5.91 Å². The maximum Gasteiger partial charge on any atom is 0.320 e. The zero-order valence-electron chi connectivity index (χ0n) is 15.3. The van der Waals surface area contributed by atoms with Crippen molar-refractivity contribution in [3.8, 4) is 0 Å². The van der Waals surface area contributed by atoms with Crippen LogP contribution in [0.1, 0.15) is 36.8 Å². The Bertz CT molecular complexity index is 669. The van der Waals surface area contributed by atoms with Gasteiger partial charge in [0.25, 0.3) is 0 Å². The summed E-state index contributed by atoms with van der Waals surface area (Å²) in [6.45, 7) is 5.13. The van der Waals surface area contributed by atoms with Crippen LogP contribution in [0.2, 0.25) is 0 Å². The summed E-state index contributed by atoms with van der Waals surface area (Å²) in [5.41, 5.74) is 2.70. The van der Waals surface area contributed by atoms with E-state index in [0.717, 1.165) is 32.4 Å². The van der Waals surface area contributed by atoms with E-state index in [1.54, 1.807) is 0 Å². The van der Waals surface area contributed by atoms with E-state index < -0.39 is 0 Å². The molecule has 6 heteroatoms. The van der Waals surface area contributed by atoms with Crippen LogP contribution in [0.4, 0.5) is 4.79 Å². The van der Waals surface area contributed by atoms with Gasteiger partial charge in [0.05, 0.1) is 12.1 Å². The van der Waals surface area contributed by atoms with E-state index >= 15 is 0 Å². The Morgan fingerprint density at radius 1 is 1.19 bits per heavy atom. The van der Waals surface area contributed by atoms with E-state index in [-0.39, 0.29) is 30.7 Å². The molecule has 4 rings (SSSR count). The number of nitrogens with one attached hydrogen (secondary N) is 1. The maximum atomic E-state index is 12.8. The van der Waals surface area contributed by atoms with Gasteiger partial charge in [-0.25, -0.2) is 4.79 Å². The van der Waals surface area contributed by atoms with Crippen molar-refractivity contribution in [2.45, 2.75) is 44.2 Å². The number of piperidine rings is 1. The molecule has 2 atom stereocenters. The van der Waals surface area contributed by atoms with E-state index in [2.05, 4.69) is 36.5 Å². The number of hydrogen-bond donors (Lipinski definition) is 1. The predicted molar refractivity (Wildman–Crippen MR) is 98.0 cm³/mol. The molecule has 3 fully saturated rings. The molecule has 0 bridgehead atoms. The van der Waals surface area contributed by atoms with E-state index in [4.69, 9.17) is 4.74 Å². The number of nitrogens with zero attached hydrogens (tertiary/aromatic N) is 2. The SMILES string of the molecule is CCCc1ccc(C2CN(C(=O)N3CC[C@@H]4OCC(=O)N[C@@H]4C3)C2)cc1. The molecule has 0 aromatic heterocycles. The number of likely N-dealkylation sites (tertiary alicyclic amines) is 2. The van der Waals surface area contributed by atoms with Crippen LogP contribution in [0, 0.1) is 0 Å². The summed E-state index contributed by atoms with van der Waals surface area (Å²) in [5.74, 6) is 0.348. The van der Waals surface area contributed by atoms with Crippen molar-refractivity contribution in [3.05, 3.63) is 35.4 Å². The molecule has 3 saturated heterocycles. The smallest absolute Gasteiger partial charge is 0.320 e. The van der Waals surface area contributed by atoms with Crippen molar-refractivity contribution < 1.29 is 14.3 Å². The monoisotopic (exact) mass is 357 g/mol. The molecule has 140 valence electrons. The zero-order chi connectivity index (χ0) is 18.1. The van der Waals surface area contributed by atoms with E-state index in [1.807, 2.05) is 9.80 Å². The van der Waals surface area contributed by atoms with Crippen molar-refractivity contribution >= 4 is 11.9 Å². The van der Waals surface area contributed by atoms with Crippen molar-refractivity contribution in [2.75, 3.05) is 32.8 Å². The van der Waals surface area contributed by atoms with Gasteiger partial charge in [-0.3, -0.25) is 4.79 Å². The van der Waals surface area contributed by atoms with Gasteiger partial charge in [0, 0.05) is 32.1 Å². The maximum absolute atomic E-state index is 12.8. The lowest BCUT2D eigenvalue weighted by atomic mass is 9.90. The minimum absolute atomic E-state index is 0.0440. The first-order valence-corrected chi connectivity index (χ1v) is 9.67. The van der Waals surface area contributed by atoms with Crippen LogP contribution < -0.4 is 5.32 Å². The second-order valence-corrected chi connectivity index (χ2v) is 7.63. The van der Waals surface area contributed by atoms with Gasteiger partial charge in [-0.2, -0.15) is 0 Å². The summed E-state index contributed by atoms with van der Waals surface area (Å²) >= 11 is 0. The molecule has 1 aromatic carbocycles. The van der Waals surface area contributed by atoms with Crippen LogP contribution in [0.25, 0.3) is 0 Å². The van der Waals surface area contributed by atoms with Crippen molar-refractivity contribution in [1.82, 2.24) is 15.1 Å². The van der Waals surface area contributed by atoms with Crippen LogP contribution in [-0.4, -0.2) is 66.7 Å². The highest BCUT2D eigenvalue weighted by molar-refractivity contribution is 5.79. The number of urea groups is 1. The predicted octanol–water partition coefficient (Wildman–Crippen LogP) is 1.75. The Morgan fingerprint density at radius 2 is 1.96 bits per heavy atom. The molecule has 1 N–H and O–H groups in total. The molecular formula is C20H27N3O3. The fourth-order valence-electron chi connectivity index (χ4n) is 4.16. The van der Waals surface area contributed by atoms with Gasteiger partial charge in [0.15, 0.2) is 0 Å². The summed E-state index contributed by atoms with van der Waals surface area (Å²) in [5, 5.41) is 2.95. The second kappa shape index (κ2) is 7.27. The number of hydrogen-bond acceptors (Lipinski definition) is 3. The number of morpholine rings is 1. The van der Waals surface area contributed by atoms with Gasteiger partial charge < -0.3 is 19.9 Å². The van der Waals surface area contributed by atoms with Crippen LogP contribution in [0.5, 0.6) is 0 Å². The van der Waals surface area contributed by atoms with Crippen LogP contribution >= 0.6 is 0 Å². The molecule has 0 radical (unpaired) electrons. The molecule has 0 saturated carbocycles. The number of benzene rings is 1. The molecule has 3 aliphatic rings. The number of amides is 3. The molecule has 3 aliphatic heterocycles. The Morgan fingerprint density at radius 3 is 2.69 bits per heavy atom. The number of fused-ring (bicyclic) bond motifs is 1. The van der Waals surface area contributed by atoms with Crippen molar-refractivity contribution in [3.63, 3.8) is 0 Å². The number of ether oxygens (including phenoxy) is 1. The Hall–Kier alpha value is -2.08. The summed E-state index contributed by atoms with van der Waals surface area (Å²) in [6.07, 6.45) is 3.11. The largest absolute Gasteiger partial charge is 0.366 e. The van der Waals surface area contributed by atoms with Crippen molar-refractivity contribution in [2.24, 2.45) is 0 Å². The summed E-state index contributed by atoms with van der Waals surface area (Å²) < 4.78 is 5.56. The molecule has 3 amide bonds. The highest BCUT2D eigenvalue weighted by atomic mass is 16.5. The highest BCUT2D eigenvalue weighted by Crippen LogP contribution is 2.29. The zero-order valence-corrected chi connectivity index (χ0v) is 15.3. The first kappa shape index (κ1) is 17.3. The third-order valence-corrected chi connectivity index (χ3v) is 5.74. The van der Waals surface area contributed by atoms with Crippen molar-refractivity contribution in [1.29, 1.82) is 0 Å². The van der Waals surface area contributed by atoms with Gasteiger partial charge in [0.1, 0.15) is 6.61 Å². The topological polar surface area (TPSA) is 61.9 Å². The second-order valence-electron chi connectivity index (χ2n) is 7.63. The fraction of sp³-hybridized carbons (Fsp3) is 0.600. The Kier molecular flexibility index (Phi) is 4.85. The van der Waals surface area contributed by atoms with Gasteiger partial charge in [-0.05, 0) is 24.0 Å². The summed E-state index contributed by atoms with van der Waals surface area (Å²) in [6, 6.07) is 8.84. The average molecular weight is 357 g/mol. The Balaban J connectivity index is 1.30. The molecule has 26 heavy (non-hydrogen) atoms. The number of carbonyl (C=O) groups excluding carboxylic acids is 2. The number of rotatable bonds is 3. The molecule has 0 spiro atoms. The van der Waals surface area contributed by atoms with Gasteiger partial charge >= 0.3 is 6.03 Å². The molecule has 0 unspecified atom stereocenters. The third-order valence-electron chi connectivity index (χ3n) is 5.74. The molecular weight excluding hydrogens is 330 g/mol. The van der Waals surface area contributed by atoms with E-state index in [9.17, 15) is 9.59 Å². The summed E-state index contributed by atoms with van der Waals surface area (Å²) in [7, 11) is 0. The van der Waals surface area contributed by atoms with E-state index in [1.165, 1.54) is 11.1 Å². The van der Waals surface area contributed by atoms with Gasteiger partial charge in [-0.15, -0.1) is 0 Å². The number of carbonyl (C=O) groups is 2. The minimum atomic E-state index is -0.0870. The fourth-order valence-corrected chi connectivity index (χ4v) is 4.16. The standard InChI is InChI=1S/C20H27N3O3/c1-2-3-14-4-6-15(7-5-14)16-10-23(11-16)20(25)22-9-8-18-17(12-22)21-19(24)13-26-18/h4-7,16-18H,2-3,8-13H2,1H3,(H,21,24)/t17-,18+/m1/s1. The third kappa shape index (κ3) is 3.43. The summed E-state index contributed by atoms with van der Waals surface area (Å²) in [4.78, 5) is 28.0. The highest BCUT2D eigenvalue weighted by Gasteiger charge is 2.40. The molecule has 6 nitrogen and oxygen atoms in total. The number of aryl methyl sites for hydroxylation is 1. The lowest BCUT2D eigenvalue weighted by Gasteiger charge is -2.46. The lowest BCUT2D eigenvalue weighted by molar-refractivity contribution is -0.139. The van der Waals surface area contributed by atoms with Crippen LogP contribution in [-0.2, 0) is 16.0 Å². The molecule has 1 aromatic rings. The molecule has 0 aliphatic carbocycles. The average Bonchev–Trinajstić information content (AvgIpc) is 2.61. The van der Waals surface area contributed by atoms with Crippen LogP contribution in [0.15, 0.2) is 24.3 Å². The quantitative estimate of drug-likeness (QED) is 0.896. The lowest BCUT2D eigenvalue weighted by Crippen LogP contribution is -2.63. The normalized spacial score (nSPS) is 26.1.